The van der Waals surface area contributed by atoms with Crippen molar-refractivity contribution in [2.45, 2.75) is 57.5 Å². The van der Waals surface area contributed by atoms with Gasteiger partial charge in [0.1, 0.15) is 6.04 Å². The molecule has 42 heavy (non-hydrogen) atoms. The van der Waals surface area contributed by atoms with Gasteiger partial charge in [-0.15, -0.1) is 0 Å². The van der Waals surface area contributed by atoms with Crippen molar-refractivity contribution in [1.29, 1.82) is 0 Å². The Bertz CT molecular complexity index is 1320. The van der Waals surface area contributed by atoms with Crippen LogP contribution in [0.1, 0.15) is 60.2 Å². The number of hydrogen-bond donors (Lipinski definition) is 1. The van der Waals surface area contributed by atoms with Crippen LogP contribution < -0.4 is 5.32 Å². The molecule has 1 fully saturated rings. The van der Waals surface area contributed by atoms with E-state index in [0.717, 1.165) is 4.90 Å². The minimum Gasteiger partial charge on any atom is -0.344 e. The number of benzene rings is 2. The summed E-state index contributed by atoms with van der Waals surface area (Å²) in [7, 11) is 1.29. The van der Waals surface area contributed by atoms with E-state index in [0.29, 0.717) is 17.7 Å². The van der Waals surface area contributed by atoms with E-state index in [-0.39, 0.29) is 47.4 Å². The van der Waals surface area contributed by atoms with Crippen molar-refractivity contribution in [1.82, 2.24) is 15.1 Å². The van der Waals surface area contributed by atoms with Gasteiger partial charge in [-0.2, -0.15) is 26.3 Å². The van der Waals surface area contributed by atoms with E-state index in [2.05, 4.69) is 5.32 Å². The normalized spacial score (nSPS) is 18.5. The smallest absolute Gasteiger partial charge is 0.344 e. The van der Waals surface area contributed by atoms with Crippen LogP contribution in [0.15, 0.2) is 36.4 Å². The summed E-state index contributed by atoms with van der Waals surface area (Å²) in [6.07, 6.45) is -10.1. The average Bonchev–Trinajstić information content (AvgIpc) is 2.90. The topological polar surface area (TPSA) is 69.7 Å². The van der Waals surface area contributed by atoms with Crippen molar-refractivity contribution in [2.24, 2.45) is 5.92 Å². The molecule has 1 aliphatic rings. The Labute approximate surface area is 248 Å². The second-order valence-corrected chi connectivity index (χ2v) is 11.4. The zero-order valence-electron chi connectivity index (χ0n) is 23.0. The summed E-state index contributed by atoms with van der Waals surface area (Å²) < 4.78 is 80.7. The van der Waals surface area contributed by atoms with Gasteiger partial charge in [0.25, 0.3) is 5.91 Å². The van der Waals surface area contributed by atoms with Crippen LogP contribution >= 0.6 is 23.2 Å². The first-order chi connectivity index (χ1) is 19.3. The molecule has 0 spiro atoms. The van der Waals surface area contributed by atoms with Crippen LogP contribution in [0.4, 0.5) is 26.3 Å². The van der Waals surface area contributed by atoms with Gasteiger partial charge in [0, 0.05) is 44.6 Å². The van der Waals surface area contributed by atoms with E-state index in [1.165, 1.54) is 31.0 Å². The number of alkyl halides is 6. The van der Waals surface area contributed by atoms with Crippen LogP contribution in [0.5, 0.6) is 0 Å². The molecule has 230 valence electrons. The molecule has 0 saturated carbocycles. The van der Waals surface area contributed by atoms with Gasteiger partial charge in [-0.05, 0) is 48.2 Å². The minimum atomic E-state index is -5.12. The Kier molecular flexibility index (Phi) is 10.1. The lowest BCUT2D eigenvalue weighted by Crippen LogP contribution is -2.57. The van der Waals surface area contributed by atoms with Crippen molar-refractivity contribution in [3.05, 3.63) is 68.7 Å². The highest BCUT2D eigenvalue weighted by molar-refractivity contribution is 6.42. The lowest BCUT2D eigenvalue weighted by molar-refractivity contribution is -0.143. The Hall–Kier alpha value is -2.99. The number of carbonyl (C=O) groups is 3. The molecule has 1 unspecified atom stereocenters. The van der Waals surface area contributed by atoms with E-state index in [1.807, 2.05) is 0 Å². The Morgan fingerprint density at radius 2 is 1.52 bits per heavy atom. The fourth-order valence-corrected chi connectivity index (χ4v) is 5.34. The molecule has 6 nitrogen and oxygen atoms in total. The van der Waals surface area contributed by atoms with Crippen LogP contribution in [0, 0.1) is 5.92 Å². The van der Waals surface area contributed by atoms with Gasteiger partial charge in [0.15, 0.2) is 0 Å². The summed E-state index contributed by atoms with van der Waals surface area (Å²) in [5.74, 6) is -2.73. The summed E-state index contributed by atoms with van der Waals surface area (Å²) in [5, 5.41) is 3.05. The molecule has 0 radical (unpaired) electrons. The number of likely N-dealkylation sites (tertiary alicyclic amines) is 1. The third-order valence-corrected chi connectivity index (χ3v) is 7.94. The largest absolute Gasteiger partial charge is 0.416 e. The maximum Gasteiger partial charge on any atom is 0.416 e. The summed E-state index contributed by atoms with van der Waals surface area (Å²) in [6, 6.07) is 3.82. The molecule has 14 heteroatoms. The fraction of sp³-hybridized carbons (Fsp3) is 0.464. The Morgan fingerprint density at radius 1 is 0.952 bits per heavy atom. The third kappa shape index (κ3) is 7.69. The Balaban J connectivity index is 2.02. The lowest BCUT2D eigenvalue weighted by atomic mass is 9.84. The maximum atomic E-state index is 13.5. The number of hydrogen-bond acceptors (Lipinski definition) is 3. The van der Waals surface area contributed by atoms with Crippen molar-refractivity contribution >= 4 is 40.9 Å². The van der Waals surface area contributed by atoms with Crippen LogP contribution in [0.25, 0.3) is 0 Å². The molecule has 1 N–H and O–H groups in total. The van der Waals surface area contributed by atoms with E-state index in [1.54, 1.807) is 19.9 Å². The SMILES string of the molecule is CC(=O)NC(C(=O)N1CC[C@@H](N(C)C(=O)c2cc(C(F)(F)F)cc(C(F)(F)F)c2)[C@H](c2ccc(Cl)c(Cl)c2)C1)C(C)C. The van der Waals surface area contributed by atoms with E-state index < -0.39 is 58.9 Å². The van der Waals surface area contributed by atoms with Crippen LogP contribution in [0.3, 0.4) is 0 Å². The summed E-state index contributed by atoms with van der Waals surface area (Å²) in [6.45, 7) is 4.94. The van der Waals surface area contributed by atoms with Gasteiger partial charge in [-0.3, -0.25) is 14.4 Å². The number of nitrogens with zero attached hydrogens (tertiary/aromatic N) is 2. The number of likely N-dealkylation sites (N-methyl/N-ethyl adjacent to an activating group) is 1. The number of carbonyl (C=O) groups excluding carboxylic acids is 3. The van der Waals surface area contributed by atoms with Crippen molar-refractivity contribution < 1.29 is 40.7 Å². The first kappa shape index (κ1) is 33.5. The highest BCUT2D eigenvalue weighted by Gasteiger charge is 2.41. The van der Waals surface area contributed by atoms with E-state index >= 15 is 0 Å². The highest BCUT2D eigenvalue weighted by atomic mass is 35.5. The summed E-state index contributed by atoms with van der Waals surface area (Å²) >= 11 is 12.3. The van der Waals surface area contributed by atoms with E-state index in [9.17, 15) is 40.7 Å². The lowest BCUT2D eigenvalue weighted by Gasteiger charge is -2.44. The van der Waals surface area contributed by atoms with Gasteiger partial charge >= 0.3 is 12.4 Å². The molecule has 3 rings (SSSR count). The standard InChI is InChI=1S/C28H29Cl2F6N3O3/c1-14(2)24(37-15(3)40)26(42)39-8-7-23(20(13-39)16-5-6-21(29)22(30)11-16)38(4)25(41)17-9-18(27(31,32)33)12-19(10-17)28(34,35)36/h5-6,9-12,14,20,23-24H,7-8,13H2,1-4H3,(H,37,40)/t20-,23+,24?/m0/s1. The number of rotatable bonds is 6. The molecular weight excluding hydrogens is 611 g/mol. The molecule has 0 aliphatic carbocycles. The number of halogens is 8. The van der Waals surface area contributed by atoms with Crippen molar-refractivity contribution in [3.8, 4) is 0 Å². The van der Waals surface area contributed by atoms with Crippen molar-refractivity contribution in [3.63, 3.8) is 0 Å². The van der Waals surface area contributed by atoms with Crippen molar-refractivity contribution in [2.75, 3.05) is 20.1 Å². The summed E-state index contributed by atoms with van der Waals surface area (Å²) in [4.78, 5) is 41.2. The van der Waals surface area contributed by atoms with Gasteiger partial charge in [-0.25, -0.2) is 0 Å². The summed E-state index contributed by atoms with van der Waals surface area (Å²) in [5.41, 5.74) is -3.44. The molecule has 1 heterocycles. The van der Waals surface area contributed by atoms with E-state index in [4.69, 9.17) is 23.2 Å². The van der Waals surface area contributed by atoms with Crippen LogP contribution in [0.2, 0.25) is 10.0 Å². The molecule has 1 aliphatic heterocycles. The predicted octanol–water partition coefficient (Wildman–Crippen LogP) is 6.65. The average molecular weight is 640 g/mol. The highest BCUT2D eigenvalue weighted by Crippen LogP contribution is 2.38. The molecule has 1 saturated heterocycles. The number of nitrogens with one attached hydrogen (secondary N) is 1. The van der Waals surface area contributed by atoms with Gasteiger partial charge in [0.2, 0.25) is 11.8 Å². The molecule has 0 aromatic heterocycles. The monoisotopic (exact) mass is 639 g/mol. The zero-order valence-corrected chi connectivity index (χ0v) is 24.5. The molecule has 3 atom stereocenters. The first-order valence-electron chi connectivity index (χ1n) is 12.9. The quantitative estimate of drug-likeness (QED) is 0.360. The van der Waals surface area contributed by atoms with Gasteiger partial charge in [-0.1, -0.05) is 43.1 Å². The van der Waals surface area contributed by atoms with Gasteiger partial charge in [0.05, 0.1) is 21.2 Å². The molecule has 2 aromatic rings. The molecule has 0 bridgehead atoms. The fourth-order valence-electron chi connectivity index (χ4n) is 5.04. The van der Waals surface area contributed by atoms with Crippen LogP contribution in [-0.2, 0) is 21.9 Å². The molecular formula is C28H29Cl2F6N3O3. The Morgan fingerprint density at radius 3 is 2.00 bits per heavy atom. The molecule has 3 amide bonds. The number of amides is 3. The second-order valence-electron chi connectivity index (χ2n) is 10.6. The van der Waals surface area contributed by atoms with Gasteiger partial charge < -0.3 is 15.1 Å². The minimum absolute atomic E-state index is 0.0261. The second kappa shape index (κ2) is 12.7. The third-order valence-electron chi connectivity index (χ3n) is 7.20. The molecule has 2 aromatic carbocycles. The first-order valence-corrected chi connectivity index (χ1v) is 13.6. The maximum absolute atomic E-state index is 13.5. The predicted molar refractivity (Wildman–Crippen MR) is 145 cm³/mol. The van der Waals surface area contributed by atoms with Crippen LogP contribution in [-0.4, -0.2) is 59.7 Å². The zero-order chi connectivity index (χ0) is 31.7. The number of piperidine rings is 1.